The standard InChI is InChI=1S/C14H17N5/c1-8-3-9(2)13-12(4-8)18-14(19-13)11(15)5-10-6-16-7-17-10/h3-4,6-7,11H,5,15H2,1-2H3,(H,16,17)(H,18,19). The second kappa shape index (κ2) is 4.51. The highest BCUT2D eigenvalue weighted by Crippen LogP contribution is 2.21. The summed E-state index contributed by atoms with van der Waals surface area (Å²) in [4.78, 5) is 15.0. The Morgan fingerprint density at radius 2 is 2.16 bits per heavy atom. The Bertz CT molecular complexity index is 696. The number of benzene rings is 1. The third kappa shape index (κ3) is 2.24. The molecular weight excluding hydrogens is 238 g/mol. The van der Waals surface area contributed by atoms with Gasteiger partial charge in [-0.3, -0.25) is 0 Å². The lowest BCUT2D eigenvalue weighted by molar-refractivity contribution is 0.670. The Kier molecular flexibility index (Phi) is 2.83. The number of aromatic amines is 2. The molecule has 0 aliphatic rings. The number of hydrogen-bond acceptors (Lipinski definition) is 3. The van der Waals surface area contributed by atoms with Crippen molar-refractivity contribution in [3.63, 3.8) is 0 Å². The van der Waals surface area contributed by atoms with Crippen molar-refractivity contribution in [2.24, 2.45) is 5.73 Å². The molecule has 1 aromatic carbocycles. The molecule has 3 aromatic rings. The van der Waals surface area contributed by atoms with Crippen molar-refractivity contribution in [1.29, 1.82) is 0 Å². The van der Waals surface area contributed by atoms with Gasteiger partial charge in [-0.1, -0.05) is 6.07 Å². The van der Waals surface area contributed by atoms with Crippen LogP contribution in [0.15, 0.2) is 24.7 Å². The molecule has 0 saturated heterocycles. The molecule has 0 bridgehead atoms. The number of nitrogens with two attached hydrogens (primary N) is 1. The number of nitrogens with one attached hydrogen (secondary N) is 2. The molecule has 1 unspecified atom stereocenters. The van der Waals surface area contributed by atoms with Gasteiger partial charge in [-0.25, -0.2) is 9.97 Å². The molecule has 0 fully saturated rings. The molecule has 0 saturated carbocycles. The van der Waals surface area contributed by atoms with Crippen LogP contribution in [0, 0.1) is 13.8 Å². The molecule has 5 heteroatoms. The topological polar surface area (TPSA) is 83.4 Å². The molecule has 0 aliphatic heterocycles. The molecule has 2 aromatic heterocycles. The van der Waals surface area contributed by atoms with Crippen LogP contribution in [0.25, 0.3) is 11.0 Å². The van der Waals surface area contributed by atoms with Crippen molar-refractivity contribution >= 4 is 11.0 Å². The first-order valence-corrected chi connectivity index (χ1v) is 6.33. The van der Waals surface area contributed by atoms with Gasteiger partial charge in [0.15, 0.2) is 0 Å². The molecule has 0 spiro atoms. The molecular formula is C14H17N5. The average Bonchev–Trinajstić information content (AvgIpc) is 2.97. The van der Waals surface area contributed by atoms with E-state index in [0.717, 1.165) is 22.6 Å². The summed E-state index contributed by atoms with van der Waals surface area (Å²) >= 11 is 0. The number of aryl methyl sites for hydroxylation is 2. The van der Waals surface area contributed by atoms with E-state index in [9.17, 15) is 0 Å². The lowest BCUT2D eigenvalue weighted by Crippen LogP contribution is -2.15. The van der Waals surface area contributed by atoms with E-state index < -0.39 is 0 Å². The van der Waals surface area contributed by atoms with E-state index in [1.165, 1.54) is 11.1 Å². The molecule has 98 valence electrons. The summed E-state index contributed by atoms with van der Waals surface area (Å²) in [6.07, 6.45) is 4.14. The van der Waals surface area contributed by atoms with E-state index in [2.05, 4.69) is 45.9 Å². The first-order chi connectivity index (χ1) is 9.13. The minimum absolute atomic E-state index is 0.160. The van der Waals surface area contributed by atoms with Gasteiger partial charge in [0.25, 0.3) is 0 Å². The molecule has 0 aliphatic carbocycles. The SMILES string of the molecule is Cc1cc(C)c2nc(C(N)Cc3cnc[nH]3)[nH]c2c1. The highest BCUT2D eigenvalue weighted by atomic mass is 15.0. The van der Waals surface area contributed by atoms with Crippen LogP contribution < -0.4 is 5.73 Å². The zero-order valence-corrected chi connectivity index (χ0v) is 11.1. The maximum atomic E-state index is 6.20. The predicted molar refractivity (Wildman–Crippen MR) is 74.8 cm³/mol. The first kappa shape index (κ1) is 11.9. The van der Waals surface area contributed by atoms with Crippen LogP contribution in [0.5, 0.6) is 0 Å². The smallest absolute Gasteiger partial charge is 0.124 e. The number of rotatable bonds is 3. The number of fused-ring (bicyclic) bond motifs is 1. The van der Waals surface area contributed by atoms with Crippen LogP contribution in [-0.4, -0.2) is 19.9 Å². The van der Waals surface area contributed by atoms with E-state index in [4.69, 9.17) is 5.73 Å². The number of hydrogen-bond donors (Lipinski definition) is 3. The quantitative estimate of drug-likeness (QED) is 0.670. The molecule has 19 heavy (non-hydrogen) atoms. The van der Waals surface area contributed by atoms with Crippen molar-refractivity contribution < 1.29 is 0 Å². The summed E-state index contributed by atoms with van der Waals surface area (Å²) in [6.45, 7) is 4.15. The van der Waals surface area contributed by atoms with E-state index in [0.29, 0.717) is 6.42 Å². The van der Waals surface area contributed by atoms with Gasteiger partial charge in [0, 0.05) is 18.3 Å². The van der Waals surface area contributed by atoms with E-state index in [-0.39, 0.29) is 6.04 Å². The van der Waals surface area contributed by atoms with Gasteiger partial charge in [0.05, 0.1) is 23.4 Å². The Hall–Kier alpha value is -2.14. The minimum Gasteiger partial charge on any atom is -0.348 e. The van der Waals surface area contributed by atoms with Crippen molar-refractivity contribution in [2.75, 3.05) is 0 Å². The summed E-state index contributed by atoms with van der Waals surface area (Å²) in [7, 11) is 0. The van der Waals surface area contributed by atoms with Crippen molar-refractivity contribution in [2.45, 2.75) is 26.3 Å². The van der Waals surface area contributed by atoms with Gasteiger partial charge in [0.2, 0.25) is 0 Å². The van der Waals surface area contributed by atoms with Crippen LogP contribution >= 0.6 is 0 Å². The summed E-state index contributed by atoms with van der Waals surface area (Å²) < 4.78 is 0. The van der Waals surface area contributed by atoms with Crippen LogP contribution in [0.3, 0.4) is 0 Å². The molecule has 3 rings (SSSR count). The average molecular weight is 255 g/mol. The Labute approximate surface area is 111 Å². The number of aromatic nitrogens is 4. The number of H-pyrrole nitrogens is 2. The lowest BCUT2D eigenvalue weighted by atomic mass is 10.1. The van der Waals surface area contributed by atoms with Crippen LogP contribution in [0.4, 0.5) is 0 Å². The summed E-state index contributed by atoms with van der Waals surface area (Å²) in [5, 5.41) is 0. The molecule has 0 amide bonds. The molecule has 1 atom stereocenters. The zero-order chi connectivity index (χ0) is 13.4. The fourth-order valence-electron chi connectivity index (χ4n) is 2.40. The Morgan fingerprint density at radius 3 is 2.89 bits per heavy atom. The van der Waals surface area contributed by atoms with E-state index in [1.807, 2.05) is 0 Å². The maximum absolute atomic E-state index is 6.20. The van der Waals surface area contributed by atoms with Gasteiger partial charge < -0.3 is 15.7 Å². The fraction of sp³-hybridized carbons (Fsp3) is 0.286. The molecule has 5 nitrogen and oxygen atoms in total. The molecule has 0 radical (unpaired) electrons. The Morgan fingerprint density at radius 1 is 1.32 bits per heavy atom. The summed E-state index contributed by atoms with van der Waals surface area (Å²) in [5.74, 6) is 0.818. The molecule has 4 N–H and O–H groups in total. The largest absolute Gasteiger partial charge is 0.348 e. The van der Waals surface area contributed by atoms with Crippen molar-refractivity contribution in [1.82, 2.24) is 19.9 Å². The van der Waals surface area contributed by atoms with Gasteiger partial charge in [-0.05, 0) is 31.0 Å². The second-order valence-electron chi connectivity index (χ2n) is 4.99. The lowest BCUT2D eigenvalue weighted by Gasteiger charge is -2.06. The van der Waals surface area contributed by atoms with Crippen LogP contribution in [0.1, 0.15) is 28.7 Å². The highest BCUT2D eigenvalue weighted by Gasteiger charge is 2.14. The third-order valence-corrected chi connectivity index (χ3v) is 3.29. The van der Waals surface area contributed by atoms with Gasteiger partial charge in [0.1, 0.15) is 5.82 Å². The fourth-order valence-corrected chi connectivity index (χ4v) is 2.40. The summed E-state index contributed by atoms with van der Waals surface area (Å²) in [6, 6.07) is 4.07. The second-order valence-corrected chi connectivity index (χ2v) is 4.99. The number of nitrogens with zero attached hydrogens (tertiary/aromatic N) is 2. The number of imidazole rings is 2. The summed E-state index contributed by atoms with van der Waals surface area (Å²) in [5.41, 5.74) is 11.7. The highest BCUT2D eigenvalue weighted by molar-refractivity contribution is 5.79. The zero-order valence-electron chi connectivity index (χ0n) is 11.1. The van der Waals surface area contributed by atoms with Crippen LogP contribution in [-0.2, 0) is 6.42 Å². The monoisotopic (exact) mass is 255 g/mol. The normalized spacial score (nSPS) is 13.0. The van der Waals surface area contributed by atoms with Gasteiger partial charge in [-0.15, -0.1) is 0 Å². The third-order valence-electron chi connectivity index (χ3n) is 3.29. The molecule has 2 heterocycles. The van der Waals surface area contributed by atoms with Crippen molar-refractivity contribution in [3.05, 3.63) is 47.3 Å². The van der Waals surface area contributed by atoms with Crippen LogP contribution in [0.2, 0.25) is 0 Å². The Balaban J connectivity index is 1.94. The van der Waals surface area contributed by atoms with E-state index in [1.54, 1.807) is 12.5 Å². The maximum Gasteiger partial charge on any atom is 0.124 e. The van der Waals surface area contributed by atoms with Gasteiger partial charge >= 0.3 is 0 Å². The predicted octanol–water partition coefficient (Wildman–Crippen LogP) is 2.15. The minimum atomic E-state index is -0.160. The first-order valence-electron chi connectivity index (χ1n) is 6.33. The van der Waals surface area contributed by atoms with Crippen molar-refractivity contribution in [3.8, 4) is 0 Å². The van der Waals surface area contributed by atoms with Gasteiger partial charge in [-0.2, -0.15) is 0 Å². The van der Waals surface area contributed by atoms with E-state index >= 15 is 0 Å².